The fourth-order valence-corrected chi connectivity index (χ4v) is 1.22. The molecule has 0 saturated heterocycles. The Labute approximate surface area is 108 Å². The third-order valence-corrected chi connectivity index (χ3v) is 1.98. The summed E-state index contributed by atoms with van der Waals surface area (Å²) >= 11 is 0. The molecular weight excluding hydrogens is 250 g/mol. The lowest BCUT2D eigenvalue weighted by Crippen LogP contribution is -2.10. The van der Waals surface area contributed by atoms with E-state index >= 15 is 0 Å². The van der Waals surface area contributed by atoms with Crippen molar-refractivity contribution in [3.63, 3.8) is 0 Å². The Morgan fingerprint density at radius 3 is 1.37 bits per heavy atom. The number of anilines is 6. The third-order valence-electron chi connectivity index (χ3n) is 1.98. The maximum absolute atomic E-state index is 5.54. The van der Waals surface area contributed by atoms with Gasteiger partial charge >= 0.3 is 0 Å². The van der Waals surface area contributed by atoms with Gasteiger partial charge in [-0.05, 0) is 0 Å². The first kappa shape index (κ1) is 12.5. The van der Waals surface area contributed by atoms with Crippen LogP contribution < -0.4 is 27.4 Å². The van der Waals surface area contributed by atoms with Gasteiger partial charge in [-0.2, -0.15) is 29.9 Å². The van der Waals surface area contributed by atoms with Crippen molar-refractivity contribution in [1.82, 2.24) is 29.9 Å². The van der Waals surface area contributed by atoms with Crippen LogP contribution in [0.25, 0.3) is 0 Å². The Kier molecular flexibility index (Phi) is 3.36. The number of nitrogens with two attached hydrogens (primary N) is 2. The zero-order valence-electron chi connectivity index (χ0n) is 10.3. The summed E-state index contributed by atoms with van der Waals surface area (Å²) in [5.74, 6) is 1.18. The van der Waals surface area contributed by atoms with Crippen LogP contribution in [-0.2, 0) is 0 Å². The van der Waals surface area contributed by atoms with Crippen molar-refractivity contribution in [2.45, 2.75) is 0 Å². The van der Waals surface area contributed by atoms with Gasteiger partial charge in [-0.15, -0.1) is 0 Å². The fraction of sp³-hybridized carbons (Fsp3) is 0.250. The molecule has 11 heteroatoms. The zero-order valence-corrected chi connectivity index (χ0v) is 10.3. The summed E-state index contributed by atoms with van der Waals surface area (Å²) in [6.07, 6.45) is 0. The molecule has 0 unspecified atom stereocenters. The second kappa shape index (κ2) is 5.12. The molecule has 0 aliphatic rings. The van der Waals surface area contributed by atoms with Crippen LogP contribution in [0.2, 0.25) is 0 Å². The van der Waals surface area contributed by atoms with Crippen LogP contribution >= 0.6 is 0 Å². The average Bonchev–Trinajstić information content (AvgIpc) is 2.37. The smallest absolute Gasteiger partial charge is 0.236 e. The average molecular weight is 263 g/mol. The van der Waals surface area contributed by atoms with Gasteiger partial charge in [-0.3, -0.25) is 5.32 Å². The molecule has 19 heavy (non-hydrogen) atoms. The molecule has 0 atom stereocenters. The molecule has 100 valence electrons. The highest BCUT2D eigenvalue weighted by Gasteiger charge is 2.07. The molecule has 2 rings (SSSR count). The summed E-state index contributed by atoms with van der Waals surface area (Å²) < 4.78 is 0. The predicted molar refractivity (Wildman–Crippen MR) is 70.9 cm³/mol. The van der Waals surface area contributed by atoms with E-state index in [2.05, 4.69) is 45.9 Å². The lowest BCUT2D eigenvalue weighted by molar-refractivity contribution is 1.03. The van der Waals surface area contributed by atoms with Crippen LogP contribution in [0, 0.1) is 0 Å². The summed E-state index contributed by atoms with van der Waals surface area (Å²) in [6.45, 7) is 0. The number of nitrogens with zero attached hydrogens (tertiary/aromatic N) is 6. The Morgan fingerprint density at radius 1 is 0.632 bits per heavy atom. The molecule has 0 saturated carbocycles. The van der Waals surface area contributed by atoms with Crippen molar-refractivity contribution in [1.29, 1.82) is 0 Å². The van der Waals surface area contributed by atoms with E-state index in [9.17, 15) is 0 Å². The SMILES string of the molecule is CNc1nc(N)nc(Nc2nc(N)nc(NC)n2)n1. The van der Waals surface area contributed by atoms with Crippen LogP contribution in [0.3, 0.4) is 0 Å². The second-order valence-corrected chi connectivity index (χ2v) is 3.31. The highest BCUT2D eigenvalue weighted by Crippen LogP contribution is 2.12. The Balaban J connectivity index is 2.30. The predicted octanol–water partition coefficient (Wildman–Crippen LogP) is -0.952. The van der Waals surface area contributed by atoms with E-state index in [-0.39, 0.29) is 23.8 Å². The molecule has 2 heterocycles. The molecule has 11 nitrogen and oxygen atoms in total. The molecule has 0 spiro atoms. The fourth-order valence-electron chi connectivity index (χ4n) is 1.22. The minimum Gasteiger partial charge on any atom is -0.368 e. The van der Waals surface area contributed by atoms with Gasteiger partial charge in [-0.25, -0.2) is 0 Å². The highest BCUT2D eigenvalue weighted by molar-refractivity contribution is 5.50. The first-order valence-corrected chi connectivity index (χ1v) is 5.26. The molecular formula is C8H13N11. The Hall–Kier alpha value is -2.98. The number of hydrogen-bond donors (Lipinski definition) is 5. The van der Waals surface area contributed by atoms with Crippen molar-refractivity contribution in [3.05, 3.63) is 0 Å². The van der Waals surface area contributed by atoms with Gasteiger partial charge in [0.25, 0.3) is 0 Å². The molecule has 7 N–H and O–H groups in total. The molecule has 0 amide bonds. The monoisotopic (exact) mass is 263 g/mol. The minimum absolute atomic E-state index is 0.0673. The topological polar surface area (TPSA) is 165 Å². The van der Waals surface area contributed by atoms with Crippen molar-refractivity contribution < 1.29 is 0 Å². The zero-order chi connectivity index (χ0) is 13.8. The van der Waals surface area contributed by atoms with Crippen molar-refractivity contribution in [2.24, 2.45) is 0 Å². The lowest BCUT2D eigenvalue weighted by Gasteiger charge is -2.07. The van der Waals surface area contributed by atoms with E-state index in [0.717, 1.165) is 0 Å². The Morgan fingerprint density at radius 2 is 1.00 bits per heavy atom. The summed E-state index contributed by atoms with van der Waals surface area (Å²) in [4.78, 5) is 23.6. The summed E-state index contributed by atoms with van der Waals surface area (Å²) in [5, 5.41) is 8.28. The van der Waals surface area contributed by atoms with Gasteiger partial charge in [0, 0.05) is 14.1 Å². The number of nitrogens with one attached hydrogen (secondary N) is 3. The Bertz CT molecular complexity index is 531. The minimum atomic E-state index is 0.0673. The maximum atomic E-state index is 5.54. The van der Waals surface area contributed by atoms with Crippen LogP contribution in [0.5, 0.6) is 0 Å². The molecule has 0 aliphatic carbocycles. The van der Waals surface area contributed by atoms with Crippen molar-refractivity contribution >= 4 is 35.7 Å². The number of rotatable bonds is 4. The van der Waals surface area contributed by atoms with E-state index in [4.69, 9.17) is 11.5 Å². The first-order chi connectivity index (χ1) is 9.10. The summed E-state index contributed by atoms with van der Waals surface area (Å²) in [6, 6.07) is 0. The number of nitrogen functional groups attached to an aromatic ring is 2. The normalized spacial score (nSPS) is 10.0. The maximum Gasteiger partial charge on any atom is 0.236 e. The molecule has 0 aliphatic heterocycles. The molecule has 0 radical (unpaired) electrons. The lowest BCUT2D eigenvalue weighted by atomic mass is 10.7. The van der Waals surface area contributed by atoms with Gasteiger partial charge < -0.3 is 22.1 Å². The number of aromatic nitrogens is 6. The van der Waals surface area contributed by atoms with Crippen LogP contribution in [-0.4, -0.2) is 44.0 Å². The van der Waals surface area contributed by atoms with Crippen LogP contribution in [0.4, 0.5) is 35.7 Å². The van der Waals surface area contributed by atoms with Crippen molar-refractivity contribution in [2.75, 3.05) is 41.5 Å². The van der Waals surface area contributed by atoms with Gasteiger partial charge in [0.05, 0.1) is 0 Å². The molecule has 2 aromatic heterocycles. The highest BCUT2D eigenvalue weighted by atomic mass is 15.3. The van der Waals surface area contributed by atoms with Gasteiger partial charge in [-0.1, -0.05) is 0 Å². The van der Waals surface area contributed by atoms with Gasteiger partial charge in [0.15, 0.2) is 0 Å². The largest absolute Gasteiger partial charge is 0.368 e. The molecule has 0 bridgehead atoms. The van der Waals surface area contributed by atoms with Gasteiger partial charge in [0.1, 0.15) is 0 Å². The van der Waals surface area contributed by atoms with Crippen LogP contribution in [0.15, 0.2) is 0 Å². The standard InChI is InChI=1S/C8H13N11/c1-11-5-13-3(9)15-7(17-5)19-8-16-4(10)14-6(12-2)18-8/h1-2H3,(H7,9,10,11,12,13,14,15,16,17,18,19). The first-order valence-electron chi connectivity index (χ1n) is 5.26. The van der Waals surface area contributed by atoms with Gasteiger partial charge in [0.2, 0.25) is 35.7 Å². The number of hydrogen-bond acceptors (Lipinski definition) is 11. The molecule has 0 fully saturated rings. The van der Waals surface area contributed by atoms with E-state index in [0.29, 0.717) is 11.9 Å². The van der Waals surface area contributed by atoms with Crippen LogP contribution in [0.1, 0.15) is 0 Å². The van der Waals surface area contributed by atoms with E-state index in [1.807, 2.05) is 0 Å². The second-order valence-electron chi connectivity index (χ2n) is 3.31. The third kappa shape index (κ3) is 3.02. The molecule has 2 aromatic rings. The quantitative estimate of drug-likeness (QED) is 0.461. The summed E-state index contributed by atoms with van der Waals surface area (Å²) in [5.41, 5.74) is 11.1. The molecule has 0 aromatic carbocycles. The van der Waals surface area contributed by atoms with E-state index in [1.54, 1.807) is 14.1 Å². The van der Waals surface area contributed by atoms with E-state index in [1.165, 1.54) is 0 Å². The van der Waals surface area contributed by atoms with E-state index < -0.39 is 0 Å². The summed E-state index contributed by atoms with van der Waals surface area (Å²) in [7, 11) is 3.33. The van der Waals surface area contributed by atoms with Crippen molar-refractivity contribution in [3.8, 4) is 0 Å².